The molecule has 7 nitrogen and oxygen atoms in total. The molecule has 0 fully saturated rings. The van der Waals surface area contributed by atoms with Crippen LogP contribution in [0.4, 0.5) is 10.5 Å². The van der Waals surface area contributed by atoms with Crippen molar-refractivity contribution in [3.05, 3.63) is 137 Å². The predicted molar refractivity (Wildman–Crippen MR) is 156 cm³/mol. The Morgan fingerprint density at radius 1 is 0.700 bits per heavy atom. The third-order valence-corrected chi connectivity index (χ3v) is 6.34. The van der Waals surface area contributed by atoms with Crippen LogP contribution in [-0.4, -0.2) is 24.5 Å². The van der Waals surface area contributed by atoms with Crippen LogP contribution < -0.4 is 16.0 Å². The molecule has 40 heavy (non-hydrogen) atoms. The molecule has 0 heterocycles. The summed E-state index contributed by atoms with van der Waals surface area (Å²) < 4.78 is 5.33. The zero-order valence-electron chi connectivity index (χ0n) is 22.4. The number of carbonyl (C=O) groups is 3. The van der Waals surface area contributed by atoms with E-state index in [4.69, 9.17) is 4.74 Å². The van der Waals surface area contributed by atoms with Crippen molar-refractivity contribution in [2.24, 2.45) is 0 Å². The highest BCUT2D eigenvalue weighted by atomic mass is 16.5. The Morgan fingerprint density at radius 2 is 1.35 bits per heavy atom. The maximum absolute atomic E-state index is 12.9. The number of rotatable bonds is 11. The molecule has 0 saturated heterocycles. The maximum atomic E-state index is 12.9. The molecular formula is C33H33N3O4. The molecule has 4 aromatic rings. The second-order valence-corrected chi connectivity index (χ2v) is 9.30. The molecule has 3 amide bonds. The van der Waals surface area contributed by atoms with Gasteiger partial charge in [0.15, 0.2) is 0 Å². The second kappa shape index (κ2) is 14.3. The lowest BCUT2D eigenvalue weighted by atomic mass is 9.91. The van der Waals surface area contributed by atoms with E-state index in [1.807, 2.05) is 84.9 Å². The fourth-order valence-corrected chi connectivity index (χ4v) is 4.34. The van der Waals surface area contributed by atoms with Crippen molar-refractivity contribution in [2.75, 3.05) is 11.9 Å². The summed E-state index contributed by atoms with van der Waals surface area (Å²) in [7, 11) is 0. The van der Waals surface area contributed by atoms with Gasteiger partial charge >= 0.3 is 12.0 Å². The molecule has 1 atom stereocenters. The van der Waals surface area contributed by atoms with Crippen LogP contribution in [0.25, 0.3) is 0 Å². The highest BCUT2D eigenvalue weighted by molar-refractivity contribution is 5.96. The van der Waals surface area contributed by atoms with Crippen molar-refractivity contribution >= 4 is 23.6 Å². The third-order valence-electron chi connectivity index (χ3n) is 6.34. The standard InChI is InChI=1S/C33H33N3O4/c1-2-40-32(38)30(27-15-7-4-8-16-27)20-25-13-9-14-26(19-25)23-34-31(37)28-17-10-18-29(21-28)36-33(39)35-22-24-11-5-3-6-12-24/h3-19,21,30H,2,20,22-23H2,1H3,(H,34,37)(H2,35,36,39). The summed E-state index contributed by atoms with van der Waals surface area (Å²) in [6, 6.07) is 33.5. The molecular weight excluding hydrogens is 502 g/mol. The molecule has 0 aromatic heterocycles. The van der Waals surface area contributed by atoms with Gasteiger partial charge in [0.25, 0.3) is 5.91 Å². The summed E-state index contributed by atoms with van der Waals surface area (Å²) in [6.45, 7) is 2.84. The summed E-state index contributed by atoms with van der Waals surface area (Å²) in [6.07, 6.45) is 0.491. The van der Waals surface area contributed by atoms with Crippen molar-refractivity contribution in [3.8, 4) is 0 Å². The molecule has 7 heteroatoms. The predicted octanol–water partition coefficient (Wildman–Crippen LogP) is 5.83. The van der Waals surface area contributed by atoms with E-state index in [1.165, 1.54) is 0 Å². The fraction of sp³-hybridized carbons (Fsp3) is 0.182. The van der Waals surface area contributed by atoms with Gasteiger partial charge in [-0.25, -0.2) is 4.79 Å². The van der Waals surface area contributed by atoms with Crippen molar-refractivity contribution in [1.29, 1.82) is 0 Å². The zero-order valence-corrected chi connectivity index (χ0v) is 22.4. The Balaban J connectivity index is 1.34. The van der Waals surface area contributed by atoms with E-state index < -0.39 is 5.92 Å². The first-order valence-electron chi connectivity index (χ1n) is 13.3. The van der Waals surface area contributed by atoms with Crippen LogP contribution in [0, 0.1) is 0 Å². The molecule has 0 bridgehead atoms. The number of carbonyl (C=O) groups excluding carboxylic acids is 3. The van der Waals surface area contributed by atoms with Crippen LogP contribution in [0.15, 0.2) is 109 Å². The minimum atomic E-state index is -0.411. The lowest BCUT2D eigenvalue weighted by Crippen LogP contribution is -2.28. The maximum Gasteiger partial charge on any atom is 0.319 e. The van der Waals surface area contributed by atoms with Crippen molar-refractivity contribution < 1.29 is 19.1 Å². The number of nitrogens with one attached hydrogen (secondary N) is 3. The topological polar surface area (TPSA) is 96.5 Å². The SMILES string of the molecule is CCOC(=O)C(Cc1cccc(CNC(=O)c2cccc(NC(=O)NCc3ccccc3)c2)c1)c1ccccc1. The van der Waals surface area contributed by atoms with Gasteiger partial charge in [0.1, 0.15) is 0 Å². The lowest BCUT2D eigenvalue weighted by molar-refractivity contribution is -0.144. The van der Waals surface area contributed by atoms with E-state index in [2.05, 4.69) is 16.0 Å². The van der Waals surface area contributed by atoms with Gasteiger partial charge in [-0.3, -0.25) is 9.59 Å². The van der Waals surface area contributed by atoms with Gasteiger partial charge in [-0.1, -0.05) is 91.0 Å². The number of hydrogen-bond donors (Lipinski definition) is 3. The first-order chi connectivity index (χ1) is 19.5. The first-order valence-corrected chi connectivity index (χ1v) is 13.3. The summed E-state index contributed by atoms with van der Waals surface area (Å²) in [5.74, 6) is -0.923. The Kier molecular flexibility index (Phi) is 10.0. The smallest absolute Gasteiger partial charge is 0.319 e. The minimum absolute atomic E-state index is 0.255. The van der Waals surface area contributed by atoms with Gasteiger partial charge in [-0.2, -0.15) is 0 Å². The summed E-state index contributed by atoms with van der Waals surface area (Å²) in [5, 5.41) is 8.52. The molecule has 1 unspecified atom stereocenters. The van der Waals surface area contributed by atoms with E-state index in [0.29, 0.717) is 37.4 Å². The van der Waals surface area contributed by atoms with Crippen molar-refractivity contribution in [2.45, 2.75) is 32.4 Å². The van der Waals surface area contributed by atoms with Crippen LogP contribution in [-0.2, 0) is 29.0 Å². The largest absolute Gasteiger partial charge is 0.466 e. The lowest BCUT2D eigenvalue weighted by Gasteiger charge is -2.17. The zero-order chi connectivity index (χ0) is 28.2. The number of esters is 1. The number of amides is 3. The van der Waals surface area contributed by atoms with Gasteiger partial charge in [0.2, 0.25) is 0 Å². The Morgan fingerprint density at radius 3 is 2.10 bits per heavy atom. The van der Waals surface area contributed by atoms with Crippen molar-refractivity contribution in [1.82, 2.24) is 10.6 Å². The van der Waals surface area contributed by atoms with Gasteiger partial charge in [-0.05, 0) is 53.8 Å². The summed E-state index contributed by atoms with van der Waals surface area (Å²) in [5.41, 5.74) is 4.74. The van der Waals surface area contributed by atoms with E-state index in [9.17, 15) is 14.4 Å². The highest BCUT2D eigenvalue weighted by Crippen LogP contribution is 2.23. The number of ether oxygens (including phenoxy) is 1. The molecule has 204 valence electrons. The van der Waals surface area contributed by atoms with E-state index in [-0.39, 0.29) is 17.9 Å². The molecule has 0 aliphatic rings. The van der Waals surface area contributed by atoms with E-state index >= 15 is 0 Å². The number of hydrogen-bond acceptors (Lipinski definition) is 4. The number of benzene rings is 4. The quantitative estimate of drug-likeness (QED) is 0.211. The molecule has 0 aliphatic heterocycles. The highest BCUT2D eigenvalue weighted by Gasteiger charge is 2.22. The monoisotopic (exact) mass is 535 g/mol. The molecule has 0 spiro atoms. The molecule has 0 aliphatic carbocycles. The van der Waals surface area contributed by atoms with E-state index in [1.54, 1.807) is 31.2 Å². The fourth-order valence-electron chi connectivity index (χ4n) is 4.34. The number of urea groups is 1. The average molecular weight is 536 g/mol. The van der Waals surface area contributed by atoms with E-state index in [0.717, 1.165) is 22.3 Å². The summed E-state index contributed by atoms with van der Waals surface area (Å²) in [4.78, 5) is 37.9. The van der Waals surface area contributed by atoms with Gasteiger partial charge < -0.3 is 20.7 Å². The number of anilines is 1. The van der Waals surface area contributed by atoms with Crippen molar-refractivity contribution in [3.63, 3.8) is 0 Å². The average Bonchev–Trinajstić information content (AvgIpc) is 2.99. The van der Waals surface area contributed by atoms with Gasteiger partial charge in [0, 0.05) is 24.3 Å². The van der Waals surface area contributed by atoms with Crippen LogP contribution in [0.5, 0.6) is 0 Å². The van der Waals surface area contributed by atoms with Crippen LogP contribution in [0.1, 0.15) is 45.5 Å². The first kappa shape index (κ1) is 28.1. The van der Waals surface area contributed by atoms with Gasteiger partial charge in [0.05, 0.1) is 12.5 Å². The third kappa shape index (κ3) is 8.30. The summed E-state index contributed by atoms with van der Waals surface area (Å²) >= 11 is 0. The van der Waals surface area contributed by atoms with Crippen LogP contribution in [0.2, 0.25) is 0 Å². The van der Waals surface area contributed by atoms with Crippen LogP contribution >= 0.6 is 0 Å². The Hall–Kier alpha value is -4.91. The second-order valence-electron chi connectivity index (χ2n) is 9.30. The molecule has 4 rings (SSSR count). The minimum Gasteiger partial charge on any atom is -0.466 e. The molecule has 3 N–H and O–H groups in total. The molecule has 0 saturated carbocycles. The van der Waals surface area contributed by atoms with Gasteiger partial charge in [-0.15, -0.1) is 0 Å². The Bertz CT molecular complexity index is 1420. The molecule has 4 aromatic carbocycles. The Labute approximate surface area is 234 Å². The molecule has 0 radical (unpaired) electrons. The normalized spacial score (nSPS) is 11.2. The van der Waals surface area contributed by atoms with Crippen LogP contribution in [0.3, 0.4) is 0 Å².